The lowest BCUT2D eigenvalue weighted by Gasteiger charge is -2.29. The van der Waals surface area contributed by atoms with Gasteiger partial charge in [0.25, 0.3) is 0 Å². The van der Waals surface area contributed by atoms with E-state index in [0.717, 1.165) is 16.9 Å². The van der Waals surface area contributed by atoms with Gasteiger partial charge in [-0.05, 0) is 31.0 Å². The number of ether oxygens (including phenoxy) is 1. The van der Waals surface area contributed by atoms with Gasteiger partial charge in [0.2, 0.25) is 11.8 Å². The van der Waals surface area contributed by atoms with Crippen molar-refractivity contribution in [3.63, 3.8) is 0 Å². The molecular formula is C19H18F3N3O3S2. The van der Waals surface area contributed by atoms with Gasteiger partial charge in [0.15, 0.2) is 5.13 Å². The highest BCUT2D eigenvalue weighted by molar-refractivity contribution is 8.01. The van der Waals surface area contributed by atoms with E-state index in [1.54, 1.807) is 35.0 Å². The second-order valence-electron chi connectivity index (χ2n) is 7.26. The van der Waals surface area contributed by atoms with E-state index in [0.29, 0.717) is 23.7 Å². The van der Waals surface area contributed by atoms with Gasteiger partial charge in [-0.3, -0.25) is 9.59 Å². The lowest BCUT2D eigenvalue weighted by atomic mass is 10.1. The Labute approximate surface area is 178 Å². The third kappa shape index (κ3) is 4.41. The van der Waals surface area contributed by atoms with Crippen LogP contribution in [0.1, 0.15) is 30.2 Å². The maximum Gasteiger partial charge on any atom is 0.573 e. The molecule has 0 radical (unpaired) electrons. The van der Waals surface area contributed by atoms with Crippen LogP contribution in [0, 0.1) is 0 Å². The van der Waals surface area contributed by atoms with E-state index in [4.69, 9.17) is 0 Å². The third-order valence-electron chi connectivity index (χ3n) is 5.07. The molecule has 1 N–H and O–H groups in total. The molecule has 1 aromatic heterocycles. The van der Waals surface area contributed by atoms with Crippen LogP contribution in [-0.2, 0) is 16.0 Å². The zero-order valence-electron chi connectivity index (χ0n) is 15.9. The summed E-state index contributed by atoms with van der Waals surface area (Å²) < 4.78 is 40.6. The molecule has 1 aromatic carbocycles. The molecule has 2 amide bonds. The highest BCUT2D eigenvalue weighted by atomic mass is 32.2. The molecule has 4 rings (SSSR count). The minimum Gasteiger partial charge on any atom is -0.406 e. The van der Waals surface area contributed by atoms with Crippen LogP contribution in [0.5, 0.6) is 5.75 Å². The van der Waals surface area contributed by atoms with E-state index < -0.39 is 12.4 Å². The van der Waals surface area contributed by atoms with Crippen LogP contribution in [0.25, 0.3) is 0 Å². The lowest BCUT2D eigenvalue weighted by molar-refractivity contribution is -0.274. The number of nitrogens with zero attached hydrogens (tertiary/aromatic N) is 2. The molecule has 2 aliphatic rings. The summed E-state index contributed by atoms with van der Waals surface area (Å²) in [7, 11) is 0. The molecule has 0 unspecified atom stereocenters. The molecule has 160 valence electrons. The van der Waals surface area contributed by atoms with Crippen LogP contribution in [0.15, 0.2) is 30.5 Å². The normalized spacial score (nSPS) is 23.5. The Hall–Kier alpha value is -2.27. The van der Waals surface area contributed by atoms with Crippen molar-refractivity contribution in [2.75, 3.05) is 11.1 Å². The molecule has 0 saturated carbocycles. The van der Waals surface area contributed by atoms with E-state index in [2.05, 4.69) is 15.0 Å². The van der Waals surface area contributed by atoms with Gasteiger partial charge in [-0.15, -0.1) is 36.3 Å². The number of thioether (sulfide) groups is 1. The maximum absolute atomic E-state index is 12.7. The maximum atomic E-state index is 12.7. The number of hydrogen-bond donors (Lipinski definition) is 1. The molecule has 11 heteroatoms. The molecule has 2 saturated heterocycles. The number of nitrogens with one attached hydrogen (secondary N) is 1. The number of rotatable bonds is 5. The van der Waals surface area contributed by atoms with Crippen molar-refractivity contribution in [1.29, 1.82) is 0 Å². The number of carbonyl (C=O) groups is 2. The molecule has 0 bridgehead atoms. The van der Waals surface area contributed by atoms with Gasteiger partial charge in [0.05, 0.1) is 4.87 Å². The first-order valence-corrected chi connectivity index (χ1v) is 11.0. The van der Waals surface area contributed by atoms with Crippen LogP contribution in [0.3, 0.4) is 0 Å². The summed E-state index contributed by atoms with van der Waals surface area (Å²) in [5.41, 5.74) is 0.789. The summed E-state index contributed by atoms with van der Waals surface area (Å²) in [6.07, 6.45) is -1.44. The van der Waals surface area contributed by atoms with Crippen molar-refractivity contribution >= 4 is 40.0 Å². The van der Waals surface area contributed by atoms with Crippen LogP contribution in [0.2, 0.25) is 0 Å². The highest BCUT2D eigenvalue weighted by Gasteiger charge is 2.52. The lowest BCUT2D eigenvalue weighted by Crippen LogP contribution is -2.48. The zero-order valence-corrected chi connectivity index (χ0v) is 17.5. The van der Waals surface area contributed by atoms with Gasteiger partial charge in [0.1, 0.15) is 11.8 Å². The number of amides is 2. The summed E-state index contributed by atoms with van der Waals surface area (Å²) in [6, 6.07) is 5.11. The number of fused-ring (bicyclic) bond motifs is 1. The van der Waals surface area contributed by atoms with E-state index in [9.17, 15) is 22.8 Å². The second-order valence-corrected chi connectivity index (χ2v) is 9.87. The van der Waals surface area contributed by atoms with Crippen LogP contribution >= 0.6 is 23.1 Å². The number of alkyl halides is 3. The summed E-state index contributed by atoms with van der Waals surface area (Å²) >= 11 is 2.91. The fourth-order valence-corrected chi connectivity index (χ4v) is 5.94. The van der Waals surface area contributed by atoms with Crippen molar-refractivity contribution in [2.45, 2.75) is 43.5 Å². The number of carbonyl (C=O) groups excluding carboxylic acids is 2. The Bertz CT molecular complexity index is 964. The number of hydrogen-bond acceptors (Lipinski definition) is 6. The quantitative estimate of drug-likeness (QED) is 0.734. The molecule has 2 aliphatic heterocycles. The largest absolute Gasteiger partial charge is 0.573 e. The van der Waals surface area contributed by atoms with E-state index in [1.165, 1.54) is 23.5 Å². The van der Waals surface area contributed by atoms with Gasteiger partial charge in [-0.2, -0.15) is 0 Å². The smallest absolute Gasteiger partial charge is 0.406 e. The molecular weight excluding hydrogens is 439 g/mol. The molecule has 2 atom stereocenters. The Balaban J connectivity index is 1.36. The van der Waals surface area contributed by atoms with Gasteiger partial charge >= 0.3 is 6.36 Å². The second kappa shape index (κ2) is 7.77. The Kier molecular flexibility index (Phi) is 5.43. The van der Waals surface area contributed by atoms with Crippen molar-refractivity contribution in [3.8, 4) is 5.75 Å². The van der Waals surface area contributed by atoms with Crippen molar-refractivity contribution < 1.29 is 27.5 Å². The number of thiazole rings is 1. The minimum atomic E-state index is -4.72. The standard InChI is InChI=1S/C19H18F3N3O3S2/c1-18-7-6-15(26)25(18)14(10-29-18)16(27)24-17-23-9-13(30-17)8-11-2-4-12(5-3-11)28-19(20,21)22/h2-5,9,14H,6-8,10H2,1H3,(H,23,24,27)/t14-,18+/m0/s1. The van der Waals surface area contributed by atoms with E-state index in [1.807, 2.05) is 6.92 Å². The summed E-state index contributed by atoms with van der Waals surface area (Å²) in [6.45, 7) is 1.99. The summed E-state index contributed by atoms with van der Waals surface area (Å²) in [4.78, 5) is 31.3. The molecule has 0 aliphatic carbocycles. The van der Waals surface area contributed by atoms with Crippen LogP contribution in [-0.4, -0.2) is 44.7 Å². The Morgan fingerprint density at radius 3 is 2.80 bits per heavy atom. The molecule has 2 aromatic rings. The molecule has 30 heavy (non-hydrogen) atoms. The first-order valence-electron chi connectivity index (χ1n) is 9.19. The van der Waals surface area contributed by atoms with Crippen LogP contribution < -0.4 is 10.1 Å². The SMILES string of the molecule is C[C@@]12CCC(=O)N1[C@H](C(=O)Nc1ncc(Cc3ccc(OC(F)(F)F)cc3)s1)CS2. The number of aromatic nitrogens is 1. The number of halogens is 3. The van der Waals surface area contributed by atoms with Gasteiger partial charge in [-0.25, -0.2) is 4.98 Å². The van der Waals surface area contributed by atoms with Gasteiger partial charge in [0, 0.05) is 29.7 Å². The Morgan fingerprint density at radius 2 is 2.10 bits per heavy atom. The van der Waals surface area contributed by atoms with Crippen molar-refractivity contribution in [1.82, 2.24) is 9.88 Å². The van der Waals surface area contributed by atoms with E-state index in [-0.39, 0.29) is 22.4 Å². The molecule has 2 fully saturated rings. The number of anilines is 1. The average molecular weight is 457 g/mol. The third-order valence-corrected chi connectivity index (χ3v) is 7.48. The monoisotopic (exact) mass is 457 g/mol. The topological polar surface area (TPSA) is 71.5 Å². The molecule has 3 heterocycles. The number of benzene rings is 1. The first kappa shape index (κ1) is 21.0. The zero-order chi connectivity index (χ0) is 21.5. The average Bonchev–Trinajstić information content (AvgIpc) is 3.32. The summed E-state index contributed by atoms with van der Waals surface area (Å²) in [5.74, 6) is 0.0245. The Morgan fingerprint density at radius 1 is 1.37 bits per heavy atom. The predicted molar refractivity (Wildman–Crippen MR) is 107 cm³/mol. The molecule has 6 nitrogen and oxygen atoms in total. The van der Waals surface area contributed by atoms with E-state index >= 15 is 0 Å². The van der Waals surface area contributed by atoms with Crippen molar-refractivity contribution in [3.05, 3.63) is 40.9 Å². The fourth-order valence-electron chi connectivity index (χ4n) is 3.66. The van der Waals surface area contributed by atoms with Gasteiger partial charge in [-0.1, -0.05) is 12.1 Å². The predicted octanol–water partition coefficient (Wildman–Crippen LogP) is 4.03. The highest BCUT2D eigenvalue weighted by Crippen LogP contribution is 2.47. The summed E-state index contributed by atoms with van der Waals surface area (Å²) in [5, 5.41) is 3.22. The van der Waals surface area contributed by atoms with Crippen LogP contribution in [0.4, 0.5) is 18.3 Å². The first-order chi connectivity index (χ1) is 14.1. The fraction of sp³-hybridized carbons (Fsp3) is 0.421. The van der Waals surface area contributed by atoms with Gasteiger partial charge < -0.3 is 15.0 Å². The molecule has 0 spiro atoms. The minimum absolute atomic E-state index is 0.000396. The van der Waals surface area contributed by atoms with Crippen molar-refractivity contribution in [2.24, 2.45) is 0 Å².